The minimum absolute atomic E-state index is 0.175. The van der Waals surface area contributed by atoms with Gasteiger partial charge >= 0.3 is 12.0 Å². The zero-order valence-corrected chi connectivity index (χ0v) is 14.2. The van der Waals surface area contributed by atoms with Crippen molar-refractivity contribution in [2.24, 2.45) is 0 Å². The van der Waals surface area contributed by atoms with Crippen molar-refractivity contribution in [2.45, 2.75) is 74.2 Å². The average Bonchev–Trinajstić information content (AvgIpc) is 2.74. The fourth-order valence-corrected chi connectivity index (χ4v) is 5.39. The van der Waals surface area contributed by atoms with Gasteiger partial charge in [0.2, 0.25) is 5.91 Å². The molecule has 3 N–H and O–H groups in total. The molecule has 0 radical (unpaired) electrons. The molecular weight excluding hydrogens is 318 g/mol. The van der Waals surface area contributed by atoms with Crippen LogP contribution in [0.15, 0.2) is 0 Å². The van der Waals surface area contributed by atoms with Gasteiger partial charge in [-0.3, -0.25) is 4.79 Å². The number of carboxylic acids is 1. The molecule has 0 aromatic heterocycles. The molecule has 3 atom stereocenters. The molecule has 3 rings (SSSR count). The molecular formula is C15H23N3O4S. The third-order valence-corrected chi connectivity index (χ3v) is 6.47. The first-order valence-corrected chi connectivity index (χ1v) is 8.99. The maximum absolute atomic E-state index is 12.3. The van der Waals surface area contributed by atoms with Crippen molar-refractivity contribution in [1.82, 2.24) is 15.5 Å². The van der Waals surface area contributed by atoms with Gasteiger partial charge < -0.3 is 20.6 Å². The fourth-order valence-electron chi connectivity index (χ4n) is 3.76. The van der Waals surface area contributed by atoms with Crippen LogP contribution in [-0.2, 0) is 9.59 Å². The lowest BCUT2D eigenvalue weighted by molar-refractivity contribution is -0.159. The minimum atomic E-state index is -0.997. The Bertz CT molecular complexity index is 533. The van der Waals surface area contributed by atoms with Crippen LogP contribution >= 0.6 is 11.8 Å². The van der Waals surface area contributed by atoms with E-state index in [4.69, 9.17) is 0 Å². The minimum Gasteiger partial charge on any atom is -0.480 e. The summed E-state index contributed by atoms with van der Waals surface area (Å²) in [5.41, 5.74) is 0. The second-order valence-electron chi connectivity index (χ2n) is 7.03. The van der Waals surface area contributed by atoms with Crippen LogP contribution in [0.25, 0.3) is 0 Å². The Morgan fingerprint density at radius 2 is 1.87 bits per heavy atom. The lowest BCUT2D eigenvalue weighted by atomic mass is 9.95. The Morgan fingerprint density at radius 1 is 1.22 bits per heavy atom. The summed E-state index contributed by atoms with van der Waals surface area (Å²) >= 11 is 1.44. The van der Waals surface area contributed by atoms with Crippen molar-refractivity contribution >= 4 is 29.7 Å². The molecule has 0 aromatic carbocycles. The molecule has 2 saturated heterocycles. The van der Waals surface area contributed by atoms with E-state index in [2.05, 4.69) is 10.6 Å². The van der Waals surface area contributed by atoms with Gasteiger partial charge in [-0.05, 0) is 26.7 Å². The molecule has 2 heterocycles. The number of urea groups is 1. The first-order chi connectivity index (χ1) is 10.8. The third-order valence-electron chi connectivity index (χ3n) is 4.90. The molecule has 128 valence electrons. The van der Waals surface area contributed by atoms with Crippen molar-refractivity contribution in [1.29, 1.82) is 0 Å². The highest BCUT2D eigenvalue weighted by Crippen LogP contribution is 2.50. The number of fused-ring (bicyclic) bond motifs is 1. The molecule has 7 nitrogen and oxygen atoms in total. The molecule has 1 aliphatic carbocycles. The van der Waals surface area contributed by atoms with Crippen LogP contribution < -0.4 is 10.6 Å². The van der Waals surface area contributed by atoms with E-state index in [0.29, 0.717) is 0 Å². The van der Waals surface area contributed by atoms with E-state index in [9.17, 15) is 19.5 Å². The fraction of sp³-hybridized carbons (Fsp3) is 0.800. The van der Waals surface area contributed by atoms with Gasteiger partial charge in [-0.25, -0.2) is 9.59 Å². The zero-order chi connectivity index (χ0) is 16.8. The van der Waals surface area contributed by atoms with Crippen molar-refractivity contribution in [2.75, 3.05) is 0 Å². The summed E-state index contributed by atoms with van der Waals surface area (Å²) in [7, 11) is 0. The summed E-state index contributed by atoms with van der Waals surface area (Å²) in [6.45, 7) is 3.64. The standard InChI is InChI=1S/C15H23N3O4S/c1-15(2)10(13(20)21)18-11(19)9(12(18)23-15)17-14(22)16-8-6-4-3-5-7-8/h8-10,12H,3-7H2,1-2H3,(H,20,21)(H2,16,17,22)/t9?,10-,12?/m0/s1. The Kier molecular flexibility index (Phi) is 4.20. The normalized spacial score (nSPS) is 32.9. The van der Waals surface area contributed by atoms with E-state index >= 15 is 0 Å². The van der Waals surface area contributed by atoms with Crippen molar-refractivity contribution < 1.29 is 19.5 Å². The van der Waals surface area contributed by atoms with Crippen LogP contribution in [0, 0.1) is 0 Å². The van der Waals surface area contributed by atoms with Crippen molar-refractivity contribution in [3.05, 3.63) is 0 Å². The predicted octanol–water partition coefficient (Wildman–Crippen LogP) is 1.13. The molecule has 1 saturated carbocycles. The van der Waals surface area contributed by atoms with E-state index in [0.717, 1.165) is 25.7 Å². The first kappa shape index (κ1) is 16.4. The average molecular weight is 341 g/mol. The molecule has 3 amide bonds. The summed E-state index contributed by atoms with van der Waals surface area (Å²) in [6, 6.07) is -1.63. The Balaban J connectivity index is 1.59. The number of rotatable bonds is 3. The molecule has 3 aliphatic rings. The highest BCUT2D eigenvalue weighted by atomic mass is 32.2. The molecule has 2 aliphatic heterocycles. The first-order valence-electron chi connectivity index (χ1n) is 8.11. The highest BCUT2D eigenvalue weighted by molar-refractivity contribution is 8.01. The Hall–Kier alpha value is -1.44. The molecule has 0 aromatic rings. The third kappa shape index (κ3) is 2.88. The van der Waals surface area contributed by atoms with Crippen LogP contribution in [0.3, 0.4) is 0 Å². The number of nitrogens with one attached hydrogen (secondary N) is 2. The maximum atomic E-state index is 12.3. The zero-order valence-electron chi connectivity index (χ0n) is 13.4. The molecule has 23 heavy (non-hydrogen) atoms. The number of nitrogens with zero attached hydrogens (tertiary/aromatic N) is 1. The highest BCUT2D eigenvalue weighted by Gasteiger charge is 2.64. The van der Waals surface area contributed by atoms with Crippen molar-refractivity contribution in [3.8, 4) is 0 Å². The van der Waals surface area contributed by atoms with Gasteiger partial charge in [-0.2, -0.15) is 0 Å². The van der Waals surface area contributed by atoms with Gasteiger partial charge in [0.05, 0.1) is 0 Å². The van der Waals surface area contributed by atoms with Crippen molar-refractivity contribution in [3.63, 3.8) is 0 Å². The number of β-lactam (4-membered cyclic amide) rings is 1. The van der Waals surface area contributed by atoms with E-state index < -0.39 is 22.8 Å². The van der Waals surface area contributed by atoms with Gasteiger partial charge in [0.25, 0.3) is 0 Å². The lowest BCUT2D eigenvalue weighted by Crippen LogP contribution is -2.71. The maximum Gasteiger partial charge on any atom is 0.327 e. The Labute approximate surface area is 139 Å². The molecule has 0 bridgehead atoms. The van der Waals surface area contributed by atoms with Gasteiger partial charge in [0, 0.05) is 10.8 Å². The van der Waals surface area contributed by atoms with Crippen LogP contribution in [0.2, 0.25) is 0 Å². The topological polar surface area (TPSA) is 98.7 Å². The summed E-state index contributed by atoms with van der Waals surface area (Å²) in [5.74, 6) is -1.30. The van der Waals surface area contributed by atoms with E-state index in [1.807, 2.05) is 13.8 Å². The van der Waals surface area contributed by atoms with Crippen LogP contribution in [0.5, 0.6) is 0 Å². The number of carbonyl (C=O) groups is 3. The number of thioether (sulfide) groups is 1. The number of amides is 3. The Morgan fingerprint density at radius 3 is 2.48 bits per heavy atom. The molecule has 0 spiro atoms. The number of carboxylic acid groups (broad SMARTS) is 1. The second-order valence-corrected chi connectivity index (χ2v) is 8.80. The molecule has 3 fully saturated rings. The second kappa shape index (κ2) is 5.89. The van der Waals surface area contributed by atoms with Gasteiger partial charge in [-0.1, -0.05) is 19.3 Å². The number of hydrogen-bond donors (Lipinski definition) is 3. The summed E-state index contributed by atoms with van der Waals surface area (Å²) in [5, 5.41) is 14.7. The summed E-state index contributed by atoms with van der Waals surface area (Å²) < 4.78 is -0.567. The predicted molar refractivity (Wildman–Crippen MR) is 86.1 cm³/mol. The largest absolute Gasteiger partial charge is 0.480 e. The number of hydrogen-bond acceptors (Lipinski definition) is 4. The number of aliphatic carboxylic acids is 1. The van der Waals surface area contributed by atoms with Gasteiger partial charge in [0.1, 0.15) is 17.5 Å². The summed E-state index contributed by atoms with van der Waals surface area (Å²) in [6.07, 6.45) is 5.40. The smallest absolute Gasteiger partial charge is 0.327 e. The molecule has 8 heteroatoms. The quantitative estimate of drug-likeness (QED) is 0.669. The molecule has 2 unspecified atom stereocenters. The van der Waals surface area contributed by atoms with Crippen LogP contribution in [0.1, 0.15) is 46.0 Å². The number of carbonyl (C=O) groups excluding carboxylic acids is 2. The SMILES string of the molecule is CC1(C)SC2C(NC(=O)NC3CCCCC3)C(=O)N2[C@H]1C(=O)O. The lowest BCUT2D eigenvalue weighted by Gasteiger charge is -2.43. The van der Waals surface area contributed by atoms with Crippen LogP contribution in [-0.4, -0.2) is 56.2 Å². The van der Waals surface area contributed by atoms with E-state index in [1.165, 1.54) is 23.1 Å². The van der Waals surface area contributed by atoms with Gasteiger partial charge in [0.15, 0.2) is 0 Å². The van der Waals surface area contributed by atoms with E-state index in [1.54, 1.807) is 0 Å². The van der Waals surface area contributed by atoms with Gasteiger partial charge in [-0.15, -0.1) is 11.8 Å². The van der Waals surface area contributed by atoms with Crippen LogP contribution in [0.4, 0.5) is 4.79 Å². The summed E-state index contributed by atoms with van der Waals surface area (Å²) in [4.78, 5) is 37.2. The van der Waals surface area contributed by atoms with E-state index in [-0.39, 0.29) is 23.4 Å². The monoisotopic (exact) mass is 341 g/mol.